The highest BCUT2D eigenvalue weighted by Crippen LogP contribution is 2.44. The van der Waals surface area contributed by atoms with E-state index in [-0.39, 0.29) is 5.41 Å². The Morgan fingerprint density at radius 3 is 1.51 bits per heavy atom. The number of rotatable bonds is 12. The third-order valence-electron chi connectivity index (χ3n) is 6.79. The second-order valence-corrected chi connectivity index (χ2v) is 13.5. The third kappa shape index (κ3) is 5.76. The molecule has 3 saturated heterocycles. The Balaban J connectivity index is 1.33. The molecule has 0 spiro atoms. The van der Waals surface area contributed by atoms with Crippen molar-refractivity contribution in [3.05, 3.63) is 89.5 Å². The van der Waals surface area contributed by atoms with E-state index < -0.39 is 0 Å². The van der Waals surface area contributed by atoms with E-state index in [1.54, 1.807) is 0 Å². The van der Waals surface area contributed by atoms with Gasteiger partial charge in [0, 0.05) is 44.0 Å². The van der Waals surface area contributed by atoms with Crippen LogP contribution in [-0.2, 0) is 5.41 Å². The minimum Gasteiger partial charge on any atom is -0.492 e. The Labute approximate surface area is 220 Å². The van der Waals surface area contributed by atoms with Crippen molar-refractivity contribution >= 4 is 35.3 Å². The van der Waals surface area contributed by atoms with Gasteiger partial charge in [0.05, 0.1) is 0 Å². The fraction of sp³-hybridized carbons (Fsp3) is 0.379. The molecule has 0 aromatic heterocycles. The standard InChI is InChI=1S/C29H30O3S3/c1-29(20-6-10-22(11-7-20)30-14-24-17-33-24,21-8-12-23(13-9-21)31-15-25-18-34-25)27-4-2-3-5-28(27)32-16-26-19-35-26/h2-13,24-26H,14-19H2,1H3. The largest absolute Gasteiger partial charge is 0.492 e. The fourth-order valence-corrected chi connectivity index (χ4v) is 5.50. The van der Waals surface area contributed by atoms with Crippen LogP contribution in [0.5, 0.6) is 17.2 Å². The van der Waals surface area contributed by atoms with Gasteiger partial charge in [-0.3, -0.25) is 0 Å². The average molecular weight is 523 g/mol. The maximum Gasteiger partial charge on any atom is 0.123 e. The first kappa shape index (κ1) is 23.5. The topological polar surface area (TPSA) is 27.7 Å². The van der Waals surface area contributed by atoms with E-state index in [2.05, 4.69) is 79.7 Å². The van der Waals surface area contributed by atoms with Crippen LogP contribution in [-0.4, -0.2) is 52.8 Å². The lowest BCUT2D eigenvalue weighted by Gasteiger charge is -2.33. The van der Waals surface area contributed by atoms with Crippen LogP contribution < -0.4 is 14.2 Å². The van der Waals surface area contributed by atoms with Gasteiger partial charge in [-0.25, -0.2) is 0 Å². The zero-order chi connectivity index (χ0) is 23.7. The molecule has 0 N–H and O–H groups in total. The molecule has 3 aliphatic rings. The predicted molar refractivity (Wildman–Crippen MR) is 150 cm³/mol. The molecule has 3 aliphatic heterocycles. The van der Waals surface area contributed by atoms with Gasteiger partial charge in [0.1, 0.15) is 37.1 Å². The van der Waals surface area contributed by atoms with Gasteiger partial charge in [0.15, 0.2) is 0 Å². The van der Waals surface area contributed by atoms with Crippen LogP contribution in [0, 0.1) is 0 Å². The Bertz CT molecular complexity index is 1080. The SMILES string of the molecule is CC(c1ccc(OCC2CS2)cc1)(c1ccc(OCC2CS2)cc1)c1ccccc1OCC1CS1. The zero-order valence-electron chi connectivity index (χ0n) is 19.9. The van der Waals surface area contributed by atoms with Gasteiger partial charge in [-0.15, -0.1) is 0 Å². The van der Waals surface area contributed by atoms with Crippen LogP contribution in [0.4, 0.5) is 0 Å². The van der Waals surface area contributed by atoms with E-state index >= 15 is 0 Å². The summed E-state index contributed by atoms with van der Waals surface area (Å²) in [4.78, 5) is 0. The first-order valence-electron chi connectivity index (χ1n) is 12.2. The highest BCUT2D eigenvalue weighted by atomic mass is 32.2. The molecule has 3 unspecified atom stereocenters. The predicted octanol–water partition coefficient (Wildman–Crippen LogP) is 6.52. The Morgan fingerprint density at radius 1 is 0.629 bits per heavy atom. The summed E-state index contributed by atoms with van der Waals surface area (Å²) in [6.45, 7) is 4.64. The Morgan fingerprint density at radius 2 is 1.06 bits per heavy atom. The lowest BCUT2D eigenvalue weighted by molar-refractivity contribution is 0.322. The maximum absolute atomic E-state index is 6.37. The van der Waals surface area contributed by atoms with Crippen molar-refractivity contribution in [2.24, 2.45) is 0 Å². The summed E-state index contributed by atoms with van der Waals surface area (Å²) < 4.78 is 18.4. The molecule has 3 nitrogen and oxygen atoms in total. The van der Waals surface area contributed by atoms with Crippen LogP contribution in [0.15, 0.2) is 72.8 Å². The normalized spacial score (nSPS) is 23.7. The van der Waals surface area contributed by atoms with Crippen LogP contribution in [0.3, 0.4) is 0 Å². The molecule has 6 heteroatoms. The molecule has 0 aliphatic carbocycles. The summed E-state index contributed by atoms with van der Waals surface area (Å²) in [5.41, 5.74) is 3.22. The first-order chi connectivity index (χ1) is 17.2. The van der Waals surface area contributed by atoms with Crippen LogP contribution >= 0.6 is 35.3 Å². The van der Waals surface area contributed by atoms with Gasteiger partial charge in [-0.2, -0.15) is 35.3 Å². The van der Waals surface area contributed by atoms with E-state index in [4.69, 9.17) is 14.2 Å². The monoisotopic (exact) mass is 522 g/mol. The molecular weight excluding hydrogens is 493 g/mol. The van der Waals surface area contributed by atoms with Crippen molar-refractivity contribution in [1.29, 1.82) is 0 Å². The number of para-hydroxylation sites is 1. The summed E-state index contributed by atoms with van der Waals surface area (Å²) >= 11 is 5.88. The van der Waals surface area contributed by atoms with Crippen molar-refractivity contribution < 1.29 is 14.2 Å². The molecule has 3 aromatic rings. The molecule has 0 bridgehead atoms. The van der Waals surface area contributed by atoms with Crippen LogP contribution in [0.25, 0.3) is 0 Å². The Hall–Kier alpha value is -1.89. The molecule has 182 valence electrons. The molecule has 0 radical (unpaired) electrons. The quantitative estimate of drug-likeness (QED) is 0.199. The molecule has 6 rings (SSSR count). The third-order valence-corrected chi connectivity index (χ3v) is 9.62. The molecule has 3 heterocycles. The fourth-order valence-electron chi connectivity index (χ4n) is 4.31. The number of benzene rings is 3. The van der Waals surface area contributed by atoms with E-state index in [0.717, 1.165) is 37.1 Å². The second-order valence-electron chi connectivity index (χ2n) is 9.47. The van der Waals surface area contributed by atoms with Crippen LogP contribution in [0.1, 0.15) is 23.6 Å². The summed E-state index contributed by atoms with van der Waals surface area (Å²) in [6, 6.07) is 25.7. The minimum atomic E-state index is -0.386. The lowest BCUT2D eigenvalue weighted by Crippen LogP contribution is -2.26. The molecule has 0 saturated carbocycles. The summed E-state index contributed by atoms with van der Waals surface area (Å²) in [7, 11) is 0. The van der Waals surface area contributed by atoms with E-state index in [1.165, 1.54) is 33.9 Å². The van der Waals surface area contributed by atoms with Crippen molar-refractivity contribution in [3.63, 3.8) is 0 Å². The van der Waals surface area contributed by atoms with Crippen molar-refractivity contribution in [2.45, 2.75) is 28.1 Å². The molecule has 3 atom stereocenters. The van der Waals surface area contributed by atoms with Gasteiger partial charge < -0.3 is 14.2 Å². The van der Waals surface area contributed by atoms with Gasteiger partial charge in [-0.1, -0.05) is 42.5 Å². The summed E-state index contributed by atoms with van der Waals surface area (Å²) in [5, 5.41) is 1.94. The van der Waals surface area contributed by atoms with E-state index in [1.807, 2.05) is 35.3 Å². The summed E-state index contributed by atoms with van der Waals surface area (Å²) in [6.07, 6.45) is 0. The van der Waals surface area contributed by atoms with E-state index in [0.29, 0.717) is 15.7 Å². The number of thioether (sulfide) groups is 3. The number of ether oxygens (including phenoxy) is 3. The van der Waals surface area contributed by atoms with Crippen molar-refractivity contribution in [3.8, 4) is 17.2 Å². The molecule has 0 amide bonds. The second kappa shape index (κ2) is 10.2. The van der Waals surface area contributed by atoms with Crippen LogP contribution in [0.2, 0.25) is 0 Å². The number of hydrogen-bond donors (Lipinski definition) is 0. The van der Waals surface area contributed by atoms with Gasteiger partial charge in [0.25, 0.3) is 0 Å². The molecule has 3 aromatic carbocycles. The maximum atomic E-state index is 6.37. The van der Waals surface area contributed by atoms with Gasteiger partial charge >= 0.3 is 0 Å². The molecule has 35 heavy (non-hydrogen) atoms. The van der Waals surface area contributed by atoms with E-state index in [9.17, 15) is 0 Å². The molecular formula is C29H30O3S3. The van der Waals surface area contributed by atoms with Gasteiger partial charge in [-0.05, 0) is 48.4 Å². The summed E-state index contributed by atoms with van der Waals surface area (Å²) in [5.74, 6) is 6.44. The van der Waals surface area contributed by atoms with Crippen molar-refractivity contribution in [2.75, 3.05) is 37.1 Å². The first-order valence-corrected chi connectivity index (χ1v) is 15.4. The highest BCUT2D eigenvalue weighted by Gasteiger charge is 2.35. The molecule has 3 fully saturated rings. The average Bonchev–Trinajstić information content (AvgIpc) is 3.76. The smallest absolute Gasteiger partial charge is 0.123 e. The number of hydrogen-bond acceptors (Lipinski definition) is 6. The highest BCUT2D eigenvalue weighted by molar-refractivity contribution is 8.07. The van der Waals surface area contributed by atoms with Crippen molar-refractivity contribution in [1.82, 2.24) is 0 Å². The zero-order valence-corrected chi connectivity index (χ0v) is 22.3. The van der Waals surface area contributed by atoms with Gasteiger partial charge in [0.2, 0.25) is 0 Å². The lowest BCUT2D eigenvalue weighted by atomic mass is 9.70. The minimum absolute atomic E-state index is 0.386. The Kier molecular flexibility index (Phi) is 6.87.